The fraction of sp³-hybridized carbons (Fsp3) is 0.0667. The van der Waals surface area contributed by atoms with Gasteiger partial charge in [-0.1, -0.05) is 29.8 Å². The van der Waals surface area contributed by atoms with Crippen LogP contribution in [0.25, 0.3) is 0 Å². The number of rotatable bonds is 4. The molecule has 0 radical (unpaired) electrons. The van der Waals surface area contributed by atoms with Gasteiger partial charge >= 0.3 is 0 Å². The second-order valence-corrected chi connectivity index (χ2v) is 6.04. The highest BCUT2D eigenvalue weighted by Gasteiger charge is 2.12. The van der Waals surface area contributed by atoms with Gasteiger partial charge in [0.15, 0.2) is 0 Å². The smallest absolute Gasteiger partial charge is 0.237 e. The standard InChI is InChI=1S/C15H11ClN2O2S/c16-12-5-3-6-13(8-12)21(20)10-15(19)18-14-7-2-1-4-11(14)9-17/h1-8H,10H2,(H,18,19). The Balaban J connectivity index is 2.05. The number of carbonyl (C=O) groups is 1. The molecule has 2 aromatic rings. The molecule has 4 nitrogen and oxygen atoms in total. The third-order valence-electron chi connectivity index (χ3n) is 2.64. The molecule has 0 aromatic heterocycles. The summed E-state index contributed by atoms with van der Waals surface area (Å²) in [6, 6.07) is 15.2. The van der Waals surface area contributed by atoms with Gasteiger partial charge in [0.25, 0.3) is 0 Å². The number of amides is 1. The predicted molar refractivity (Wildman–Crippen MR) is 82.5 cm³/mol. The monoisotopic (exact) mass is 318 g/mol. The molecule has 2 aromatic carbocycles. The lowest BCUT2D eigenvalue weighted by Gasteiger charge is -2.07. The van der Waals surface area contributed by atoms with Crippen LogP contribution in [0.1, 0.15) is 5.56 Å². The van der Waals surface area contributed by atoms with E-state index in [4.69, 9.17) is 16.9 Å². The molecule has 0 saturated carbocycles. The van der Waals surface area contributed by atoms with Gasteiger partial charge in [0.05, 0.1) is 22.1 Å². The van der Waals surface area contributed by atoms with E-state index in [1.807, 2.05) is 6.07 Å². The summed E-state index contributed by atoms with van der Waals surface area (Å²) in [6.07, 6.45) is 0. The van der Waals surface area contributed by atoms with Gasteiger partial charge in [-0.2, -0.15) is 5.26 Å². The molecule has 1 atom stereocenters. The van der Waals surface area contributed by atoms with Crippen LogP contribution in [0.2, 0.25) is 5.02 Å². The Morgan fingerprint density at radius 2 is 2.00 bits per heavy atom. The lowest BCUT2D eigenvalue weighted by molar-refractivity contribution is -0.113. The number of hydrogen-bond acceptors (Lipinski definition) is 3. The number of nitriles is 1. The van der Waals surface area contributed by atoms with Crippen molar-refractivity contribution in [2.45, 2.75) is 4.90 Å². The first-order valence-corrected chi connectivity index (χ1v) is 7.73. The number of para-hydroxylation sites is 1. The summed E-state index contributed by atoms with van der Waals surface area (Å²) in [5.74, 6) is -0.615. The van der Waals surface area contributed by atoms with Crippen molar-refractivity contribution in [1.29, 1.82) is 5.26 Å². The molecule has 1 N–H and O–H groups in total. The molecular weight excluding hydrogens is 308 g/mol. The maximum absolute atomic E-state index is 12.1. The predicted octanol–water partition coefficient (Wildman–Crippen LogP) is 2.96. The van der Waals surface area contributed by atoms with Crippen molar-refractivity contribution in [3.63, 3.8) is 0 Å². The van der Waals surface area contributed by atoms with Crippen LogP contribution < -0.4 is 5.32 Å². The van der Waals surface area contributed by atoms with Gasteiger partial charge in [-0.3, -0.25) is 9.00 Å². The third kappa shape index (κ3) is 4.15. The lowest BCUT2D eigenvalue weighted by atomic mass is 10.2. The van der Waals surface area contributed by atoms with E-state index < -0.39 is 16.7 Å². The highest BCUT2D eigenvalue weighted by atomic mass is 35.5. The van der Waals surface area contributed by atoms with Crippen molar-refractivity contribution < 1.29 is 9.00 Å². The first kappa shape index (κ1) is 15.2. The first-order chi connectivity index (χ1) is 10.1. The minimum atomic E-state index is -1.49. The van der Waals surface area contributed by atoms with Gasteiger partial charge in [0.1, 0.15) is 11.8 Å². The molecular formula is C15H11ClN2O2S. The Kier molecular flexibility index (Phi) is 5.09. The zero-order valence-corrected chi connectivity index (χ0v) is 12.4. The minimum Gasteiger partial charge on any atom is -0.324 e. The minimum absolute atomic E-state index is 0.194. The van der Waals surface area contributed by atoms with Crippen molar-refractivity contribution in [3.8, 4) is 6.07 Å². The number of hydrogen-bond donors (Lipinski definition) is 1. The Hall–Kier alpha value is -2.16. The van der Waals surface area contributed by atoms with Gasteiger partial charge in [-0.25, -0.2) is 0 Å². The van der Waals surface area contributed by atoms with E-state index in [-0.39, 0.29) is 5.75 Å². The summed E-state index contributed by atoms with van der Waals surface area (Å²) in [7, 11) is -1.49. The van der Waals surface area contributed by atoms with Crippen molar-refractivity contribution in [1.82, 2.24) is 0 Å². The molecule has 0 heterocycles. The van der Waals surface area contributed by atoms with Crippen LogP contribution in [0, 0.1) is 11.3 Å². The average molecular weight is 319 g/mol. The van der Waals surface area contributed by atoms with Crippen molar-refractivity contribution in [2.24, 2.45) is 0 Å². The van der Waals surface area contributed by atoms with Crippen LogP contribution >= 0.6 is 11.6 Å². The van der Waals surface area contributed by atoms with E-state index >= 15 is 0 Å². The number of halogens is 1. The zero-order valence-electron chi connectivity index (χ0n) is 10.9. The third-order valence-corrected chi connectivity index (χ3v) is 4.18. The summed E-state index contributed by atoms with van der Waals surface area (Å²) in [4.78, 5) is 12.4. The van der Waals surface area contributed by atoms with E-state index in [2.05, 4.69) is 5.32 Å². The first-order valence-electron chi connectivity index (χ1n) is 6.03. The van der Waals surface area contributed by atoms with Gasteiger partial charge in [0, 0.05) is 9.92 Å². The molecule has 0 fully saturated rings. The van der Waals surface area contributed by atoms with E-state index in [0.29, 0.717) is 21.2 Å². The fourth-order valence-corrected chi connectivity index (χ4v) is 2.91. The summed E-state index contributed by atoms with van der Waals surface area (Å²) < 4.78 is 12.1. The number of benzene rings is 2. The van der Waals surface area contributed by atoms with Crippen LogP contribution in [0.3, 0.4) is 0 Å². The second-order valence-electron chi connectivity index (χ2n) is 4.15. The topological polar surface area (TPSA) is 70.0 Å². The molecule has 0 aliphatic carbocycles. The van der Waals surface area contributed by atoms with E-state index in [0.717, 1.165) is 0 Å². The number of nitrogens with one attached hydrogen (secondary N) is 1. The molecule has 6 heteroatoms. The lowest BCUT2D eigenvalue weighted by Crippen LogP contribution is -2.20. The van der Waals surface area contributed by atoms with Crippen molar-refractivity contribution >= 4 is 34.0 Å². The number of carbonyl (C=O) groups excluding carboxylic acids is 1. The molecule has 106 valence electrons. The molecule has 2 rings (SSSR count). The molecule has 21 heavy (non-hydrogen) atoms. The highest BCUT2D eigenvalue weighted by molar-refractivity contribution is 7.85. The van der Waals surface area contributed by atoms with Crippen LogP contribution in [-0.2, 0) is 15.6 Å². The van der Waals surface area contributed by atoms with Crippen LogP contribution in [0.4, 0.5) is 5.69 Å². The molecule has 0 aliphatic heterocycles. The number of anilines is 1. The van der Waals surface area contributed by atoms with Crippen molar-refractivity contribution in [3.05, 3.63) is 59.1 Å². The molecule has 1 amide bonds. The largest absolute Gasteiger partial charge is 0.324 e. The Morgan fingerprint density at radius 1 is 1.24 bits per heavy atom. The Labute approximate surface area is 129 Å². The van der Waals surface area contributed by atoms with Gasteiger partial charge < -0.3 is 5.32 Å². The molecule has 0 saturated heterocycles. The SMILES string of the molecule is N#Cc1ccccc1NC(=O)CS(=O)c1cccc(Cl)c1. The second kappa shape index (κ2) is 7.02. The molecule has 0 aliphatic rings. The molecule has 1 unspecified atom stereocenters. The summed E-state index contributed by atoms with van der Waals surface area (Å²) in [6.45, 7) is 0. The maximum Gasteiger partial charge on any atom is 0.237 e. The normalized spacial score (nSPS) is 11.4. The van der Waals surface area contributed by atoms with E-state index in [1.54, 1.807) is 48.5 Å². The quantitative estimate of drug-likeness (QED) is 0.942. The van der Waals surface area contributed by atoms with Crippen molar-refractivity contribution in [2.75, 3.05) is 11.1 Å². The molecule has 0 bridgehead atoms. The van der Waals surface area contributed by atoms with Crippen LogP contribution in [-0.4, -0.2) is 15.9 Å². The Bertz CT molecular complexity index is 740. The van der Waals surface area contributed by atoms with Gasteiger partial charge in [0.2, 0.25) is 5.91 Å². The summed E-state index contributed by atoms with van der Waals surface area (Å²) in [5, 5.41) is 12.0. The zero-order chi connectivity index (χ0) is 15.2. The Morgan fingerprint density at radius 3 is 2.71 bits per heavy atom. The van der Waals surface area contributed by atoms with E-state index in [1.165, 1.54) is 0 Å². The summed E-state index contributed by atoms with van der Waals surface area (Å²) in [5.41, 5.74) is 0.771. The average Bonchev–Trinajstić information content (AvgIpc) is 2.47. The van der Waals surface area contributed by atoms with Gasteiger partial charge in [-0.05, 0) is 30.3 Å². The van der Waals surface area contributed by atoms with E-state index in [9.17, 15) is 9.00 Å². The number of nitrogens with zero attached hydrogens (tertiary/aromatic N) is 1. The van der Waals surface area contributed by atoms with Crippen LogP contribution in [0.5, 0.6) is 0 Å². The molecule has 0 spiro atoms. The maximum atomic E-state index is 12.1. The highest BCUT2D eigenvalue weighted by Crippen LogP contribution is 2.16. The summed E-state index contributed by atoms with van der Waals surface area (Å²) >= 11 is 5.82. The van der Waals surface area contributed by atoms with Gasteiger partial charge in [-0.15, -0.1) is 0 Å². The fourth-order valence-electron chi connectivity index (χ4n) is 1.69. The van der Waals surface area contributed by atoms with Crippen LogP contribution in [0.15, 0.2) is 53.4 Å².